The number of alkyl halides is 3. The minimum absolute atomic E-state index is 0.154. The van der Waals surface area contributed by atoms with Crippen molar-refractivity contribution in [2.24, 2.45) is 0 Å². The zero-order valence-electron chi connectivity index (χ0n) is 9.61. The highest BCUT2D eigenvalue weighted by atomic mass is 19.4. The van der Waals surface area contributed by atoms with Gasteiger partial charge < -0.3 is 5.11 Å². The minimum Gasteiger partial charge on any atom is -0.385 e. The number of hydrogen-bond donors (Lipinski definition) is 1. The first-order valence-corrected chi connectivity index (χ1v) is 5.34. The van der Waals surface area contributed by atoms with E-state index in [0.717, 1.165) is 6.07 Å². The van der Waals surface area contributed by atoms with Crippen LogP contribution in [0, 0.1) is 5.82 Å². The zero-order valence-corrected chi connectivity index (χ0v) is 9.61. The first-order valence-electron chi connectivity index (χ1n) is 5.34. The summed E-state index contributed by atoms with van der Waals surface area (Å²) < 4.78 is 51.0. The summed E-state index contributed by atoms with van der Waals surface area (Å²) in [5, 5.41) is 10.1. The highest BCUT2D eigenvalue weighted by Crippen LogP contribution is 2.36. The summed E-state index contributed by atoms with van der Waals surface area (Å²) in [4.78, 5) is 0. The Bertz CT molecular complexity index is 394. The molecule has 0 unspecified atom stereocenters. The van der Waals surface area contributed by atoms with Crippen molar-refractivity contribution in [2.45, 2.75) is 38.5 Å². The van der Waals surface area contributed by atoms with Crippen molar-refractivity contribution >= 4 is 0 Å². The van der Waals surface area contributed by atoms with Crippen molar-refractivity contribution in [1.29, 1.82) is 0 Å². The number of benzene rings is 1. The molecule has 0 radical (unpaired) electrons. The van der Waals surface area contributed by atoms with E-state index in [9.17, 15) is 22.7 Å². The average molecular weight is 250 g/mol. The SMILES string of the molecule is CCC(O)(CC)c1cc(C(F)(F)F)ccc1F. The molecular formula is C12H14F4O. The molecule has 96 valence electrons. The van der Waals surface area contributed by atoms with Crippen LogP contribution in [0.25, 0.3) is 0 Å². The Morgan fingerprint density at radius 2 is 1.65 bits per heavy atom. The van der Waals surface area contributed by atoms with Gasteiger partial charge in [0.25, 0.3) is 0 Å². The molecular weight excluding hydrogens is 236 g/mol. The largest absolute Gasteiger partial charge is 0.416 e. The van der Waals surface area contributed by atoms with Gasteiger partial charge >= 0.3 is 6.18 Å². The maximum absolute atomic E-state index is 13.5. The molecule has 0 saturated heterocycles. The van der Waals surface area contributed by atoms with Crippen LogP contribution in [0.1, 0.15) is 37.8 Å². The van der Waals surface area contributed by atoms with Gasteiger partial charge in [0.05, 0.1) is 11.2 Å². The molecule has 0 atom stereocenters. The predicted molar refractivity (Wildman–Crippen MR) is 55.9 cm³/mol. The molecule has 0 aliphatic heterocycles. The molecule has 0 fully saturated rings. The third-order valence-corrected chi connectivity index (χ3v) is 2.96. The van der Waals surface area contributed by atoms with E-state index >= 15 is 0 Å². The maximum Gasteiger partial charge on any atom is 0.416 e. The Morgan fingerprint density at radius 1 is 1.12 bits per heavy atom. The van der Waals surface area contributed by atoms with Crippen molar-refractivity contribution in [3.8, 4) is 0 Å². The van der Waals surface area contributed by atoms with Crippen LogP contribution < -0.4 is 0 Å². The monoisotopic (exact) mass is 250 g/mol. The van der Waals surface area contributed by atoms with E-state index in [1.807, 2.05) is 0 Å². The van der Waals surface area contributed by atoms with Gasteiger partial charge in [-0.25, -0.2) is 4.39 Å². The van der Waals surface area contributed by atoms with Gasteiger partial charge in [-0.15, -0.1) is 0 Å². The van der Waals surface area contributed by atoms with Crippen molar-refractivity contribution < 1.29 is 22.7 Å². The fourth-order valence-electron chi connectivity index (χ4n) is 1.69. The van der Waals surface area contributed by atoms with Crippen LogP contribution in [-0.4, -0.2) is 5.11 Å². The van der Waals surface area contributed by atoms with Crippen LogP contribution in [0.4, 0.5) is 17.6 Å². The fraction of sp³-hybridized carbons (Fsp3) is 0.500. The van der Waals surface area contributed by atoms with Gasteiger partial charge in [-0.1, -0.05) is 13.8 Å². The molecule has 0 aromatic heterocycles. The molecule has 5 heteroatoms. The Balaban J connectivity index is 3.33. The van der Waals surface area contributed by atoms with Crippen LogP contribution in [0.3, 0.4) is 0 Å². The number of rotatable bonds is 3. The molecule has 0 spiro atoms. The Morgan fingerprint density at radius 3 is 2.06 bits per heavy atom. The molecule has 0 aliphatic rings. The van der Waals surface area contributed by atoms with Gasteiger partial charge in [0.1, 0.15) is 5.82 Å². The lowest BCUT2D eigenvalue weighted by Gasteiger charge is -2.27. The molecule has 1 N–H and O–H groups in total. The van der Waals surface area contributed by atoms with Gasteiger partial charge in [-0.3, -0.25) is 0 Å². The van der Waals surface area contributed by atoms with E-state index in [2.05, 4.69) is 0 Å². The molecule has 0 heterocycles. The Labute approximate surface area is 97.1 Å². The van der Waals surface area contributed by atoms with Crippen molar-refractivity contribution in [1.82, 2.24) is 0 Å². The van der Waals surface area contributed by atoms with Gasteiger partial charge in [-0.2, -0.15) is 13.2 Å². The topological polar surface area (TPSA) is 20.2 Å². The first kappa shape index (κ1) is 14.0. The summed E-state index contributed by atoms with van der Waals surface area (Å²) in [5.74, 6) is -0.816. The number of halogens is 4. The third-order valence-electron chi connectivity index (χ3n) is 2.96. The van der Waals surface area contributed by atoms with Gasteiger partial charge in [0.15, 0.2) is 0 Å². The lowest BCUT2D eigenvalue weighted by molar-refractivity contribution is -0.137. The molecule has 1 aromatic carbocycles. The van der Waals surface area contributed by atoms with E-state index in [1.54, 1.807) is 13.8 Å². The Hall–Kier alpha value is -1.10. The minimum atomic E-state index is -4.54. The second-order valence-electron chi connectivity index (χ2n) is 3.93. The predicted octanol–water partition coefficient (Wildman–Crippen LogP) is 3.85. The van der Waals surface area contributed by atoms with Crippen LogP contribution in [0.5, 0.6) is 0 Å². The van der Waals surface area contributed by atoms with Crippen LogP contribution in [0.15, 0.2) is 18.2 Å². The van der Waals surface area contributed by atoms with Crippen LogP contribution in [0.2, 0.25) is 0 Å². The molecule has 17 heavy (non-hydrogen) atoms. The molecule has 0 saturated carbocycles. The Kier molecular flexibility index (Phi) is 3.81. The third kappa shape index (κ3) is 2.77. The summed E-state index contributed by atoms with van der Waals surface area (Å²) >= 11 is 0. The quantitative estimate of drug-likeness (QED) is 0.808. The normalized spacial score (nSPS) is 12.9. The molecule has 0 amide bonds. The van der Waals surface area contributed by atoms with Crippen molar-refractivity contribution in [3.63, 3.8) is 0 Å². The maximum atomic E-state index is 13.5. The van der Waals surface area contributed by atoms with E-state index < -0.39 is 23.2 Å². The molecule has 1 nitrogen and oxygen atoms in total. The van der Waals surface area contributed by atoms with Gasteiger partial charge in [-0.05, 0) is 31.0 Å². The smallest absolute Gasteiger partial charge is 0.385 e. The van der Waals surface area contributed by atoms with Gasteiger partial charge in [0, 0.05) is 5.56 Å². The summed E-state index contributed by atoms with van der Waals surface area (Å²) in [6.07, 6.45) is -4.23. The molecule has 0 bridgehead atoms. The van der Waals surface area contributed by atoms with E-state index in [4.69, 9.17) is 0 Å². The van der Waals surface area contributed by atoms with E-state index in [0.29, 0.717) is 12.1 Å². The summed E-state index contributed by atoms with van der Waals surface area (Å²) in [5.41, 5.74) is -2.79. The first-order chi connectivity index (χ1) is 7.74. The second-order valence-corrected chi connectivity index (χ2v) is 3.93. The fourth-order valence-corrected chi connectivity index (χ4v) is 1.69. The zero-order chi connectivity index (χ0) is 13.3. The standard InChI is InChI=1S/C12H14F4O/c1-3-11(17,4-2)9-7-8(12(14,15)16)5-6-10(9)13/h5-7,17H,3-4H2,1-2H3. The van der Waals surface area contributed by atoms with Crippen LogP contribution in [-0.2, 0) is 11.8 Å². The highest BCUT2D eigenvalue weighted by Gasteiger charge is 2.35. The van der Waals surface area contributed by atoms with E-state index in [1.165, 1.54) is 0 Å². The molecule has 1 rings (SSSR count). The van der Waals surface area contributed by atoms with Crippen molar-refractivity contribution in [2.75, 3.05) is 0 Å². The average Bonchev–Trinajstić information content (AvgIpc) is 2.27. The lowest BCUT2D eigenvalue weighted by Crippen LogP contribution is -2.25. The molecule has 1 aromatic rings. The highest BCUT2D eigenvalue weighted by molar-refractivity contribution is 5.31. The number of hydrogen-bond acceptors (Lipinski definition) is 1. The van der Waals surface area contributed by atoms with Crippen molar-refractivity contribution in [3.05, 3.63) is 35.1 Å². The second kappa shape index (κ2) is 4.64. The van der Waals surface area contributed by atoms with E-state index in [-0.39, 0.29) is 18.4 Å². The lowest BCUT2D eigenvalue weighted by atomic mass is 9.87. The van der Waals surface area contributed by atoms with Crippen LogP contribution >= 0.6 is 0 Å². The van der Waals surface area contributed by atoms with Gasteiger partial charge in [0.2, 0.25) is 0 Å². The number of aliphatic hydroxyl groups is 1. The molecule has 0 aliphatic carbocycles. The summed E-state index contributed by atoms with van der Waals surface area (Å²) in [6, 6.07) is 2.10. The summed E-state index contributed by atoms with van der Waals surface area (Å²) in [7, 11) is 0. The summed E-state index contributed by atoms with van der Waals surface area (Å²) in [6.45, 7) is 3.20.